The number of alkyl halides is 1. The van der Waals surface area contributed by atoms with Crippen LogP contribution in [0.3, 0.4) is 0 Å². The predicted molar refractivity (Wildman–Crippen MR) is 70.5 cm³/mol. The van der Waals surface area contributed by atoms with Gasteiger partial charge in [0.05, 0.1) is 12.2 Å². The normalized spacial score (nSPS) is 16.7. The average molecular weight is 301 g/mol. The lowest BCUT2D eigenvalue weighted by Gasteiger charge is -2.11. The Morgan fingerprint density at radius 2 is 2.15 bits per heavy atom. The summed E-state index contributed by atoms with van der Waals surface area (Å²) in [6.07, 6.45) is 2.75. The summed E-state index contributed by atoms with van der Waals surface area (Å²) in [5, 5.41) is 2.49. The van der Waals surface area contributed by atoms with Gasteiger partial charge in [0.2, 0.25) is 0 Å². The topological polar surface area (TPSA) is 88.2 Å². The first-order valence-corrected chi connectivity index (χ1v) is 7.65. The van der Waals surface area contributed by atoms with E-state index in [1.54, 1.807) is 0 Å². The summed E-state index contributed by atoms with van der Waals surface area (Å²) in [4.78, 5) is 15.6. The Morgan fingerprint density at radius 3 is 2.60 bits per heavy atom. The molecule has 0 unspecified atom stereocenters. The molecule has 1 heterocycles. The molecular formula is C12H16FN3O3S. The smallest absolute Gasteiger partial charge is 0.257 e. The van der Waals surface area contributed by atoms with E-state index < -0.39 is 22.1 Å². The monoisotopic (exact) mass is 301 g/mol. The summed E-state index contributed by atoms with van der Waals surface area (Å²) >= 11 is 0. The van der Waals surface area contributed by atoms with E-state index in [0.29, 0.717) is 6.54 Å². The van der Waals surface area contributed by atoms with Gasteiger partial charge < -0.3 is 5.32 Å². The van der Waals surface area contributed by atoms with Crippen molar-refractivity contribution in [2.45, 2.75) is 17.9 Å². The molecule has 1 aliphatic carbocycles. The van der Waals surface area contributed by atoms with Crippen molar-refractivity contribution in [3.05, 3.63) is 23.9 Å². The van der Waals surface area contributed by atoms with Gasteiger partial charge in [0.25, 0.3) is 15.9 Å². The number of rotatable bonds is 6. The number of pyridine rings is 1. The Labute approximate surface area is 116 Å². The lowest BCUT2D eigenvalue weighted by molar-refractivity contribution is 0.0941. The largest absolute Gasteiger partial charge is 0.351 e. The van der Waals surface area contributed by atoms with Crippen molar-refractivity contribution in [3.63, 3.8) is 0 Å². The van der Waals surface area contributed by atoms with Crippen molar-refractivity contribution in [2.75, 3.05) is 20.3 Å². The third-order valence-corrected chi connectivity index (χ3v) is 4.74. The Bertz CT molecular complexity index is 597. The van der Waals surface area contributed by atoms with Crippen LogP contribution in [-0.4, -0.2) is 39.6 Å². The molecule has 1 fully saturated rings. The highest BCUT2D eigenvalue weighted by Gasteiger charge is 2.42. The Kier molecular flexibility index (Phi) is 4.05. The van der Waals surface area contributed by atoms with Crippen molar-refractivity contribution in [1.82, 2.24) is 15.0 Å². The second-order valence-electron chi connectivity index (χ2n) is 4.91. The van der Waals surface area contributed by atoms with Crippen LogP contribution >= 0.6 is 0 Å². The van der Waals surface area contributed by atoms with Crippen LogP contribution in [0.1, 0.15) is 23.2 Å². The summed E-state index contributed by atoms with van der Waals surface area (Å²) in [5.41, 5.74) is -0.145. The van der Waals surface area contributed by atoms with Gasteiger partial charge in [0, 0.05) is 18.2 Å². The fourth-order valence-electron chi connectivity index (χ4n) is 1.68. The molecule has 1 aliphatic rings. The van der Waals surface area contributed by atoms with E-state index >= 15 is 0 Å². The van der Waals surface area contributed by atoms with Crippen LogP contribution in [-0.2, 0) is 10.0 Å². The third-order valence-electron chi connectivity index (χ3n) is 3.41. The van der Waals surface area contributed by atoms with E-state index in [-0.39, 0.29) is 16.5 Å². The number of nitrogens with zero attached hydrogens (tertiary/aromatic N) is 1. The van der Waals surface area contributed by atoms with Gasteiger partial charge in [-0.25, -0.2) is 18.1 Å². The SMILES string of the molecule is CNS(=O)(=O)c1ccc(C(=O)NCC2(CF)CC2)cn1. The lowest BCUT2D eigenvalue weighted by Crippen LogP contribution is -2.31. The van der Waals surface area contributed by atoms with Gasteiger partial charge in [-0.1, -0.05) is 0 Å². The molecule has 0 aliphatic heterocycles. The second-order valence-corrected chi connectivity index (χ2v) is 6.74. The number of carbonyl (C=O) groups is 1. The van der Waals surface area contributed by atoms with E-state index in [1.807, 2.05) is 0 Å². The van der Waals surface area contributed by atoms with Gasteiger partial charge in [-0.05, 0) is 32.0 Å². The molecule has 0 atom stereocenters. The highest BCUT2D eigenvalue weighted by Crippen LogP contribution is 2.45. The molecule has 2 rings (SSSR count). The summed E-state index contributed by atoms with van der Waals surface area (Å²) in [5.74, 6) is -0.384. The first-order valence-electron chi connectivity index (χ1n) is 6.16. The number of amides is 1. The molecule has 6 nitrogen and oxygen atoms in total. The van der Waals surface area contributed by atoms with Gasteiger partial charge in [0.1, 0.15) is 0 Å². The molecule has 1 saturated carbocycles. The minimum absolute atomic E-state index is 0.154. The number of carbonyl (C=O) groups excluding carboxylic acids is 1. The van der Waals surface area contributed by atoms with Crippen LogP contribution < -0.4 is 10.0 Å². The summed E-state index contributed by atoms with van der Waals surface area (Å²) in [7, 11) is -2.33. The van der Waals surface area contributed by atoms with Crippen molar-refractivity contribution in [3.8, 4) is 0 Å². The van der Waals surface area contributed by atoms with Crippen LogP contribution in [0.5, 0.6) is 0 Å². The average Bonchev–Trinajstić information content (AvgIpc) is 3.25. The van der Waals surface area contributed by atoms with E-state index in [2.05, 4.69) is 15.0 Å². The molecule has 2 N–H and O–H groups in total. The number of sulfonamides is 1. The van der Waals surface area contributed by atoms with E-state index in [4.69, 9.17) is 0 Å². The maximum atomic E-state index is 12.7. The van der Waals surface area contributed by atoms with E-state index in [9.17, 15) is 17.6 Å². The molecule has 1 aromatic heterocycles. The maximum Gasteiger partial charge on any atom is 0.257 e. The van der Waals surface area contributed by atoms with Gasteiger partial charge >= 0.3 is 0 Å². The van der Waals surface area contributed by atoms with E-state index in [1.165, 1.54) is 25.4 Å². The van der Waals surface area contributed by atoms with Crippen molar-refractivity contribution < 1.29 is 17.6 Å². The number of halogens is 1. The predicted octanol–water partition coefficient (Wildman–Crippen LogP) is 0.469. The zero-order valence-corrected chi connectivity index (χ0v) is 11.8. The van der Waals surface area contributed by atoms with E-state index in [0.717, 1.165) is 12.8 Å². The standard InChI is InChI=1S/C12H16FN3O3S/c1-14-20(18,19)10-3-2-9(6-15-10)11(17)16-8-12(7-13)4-5-12/h2-3,6,14H,4-5,7-8H2,1H3,(H,16,17). The van der Waals surface area contributed by atoms with Crippen molar-refractivity contribution in [2.24, 2.45) is 5.41 Å². The van der Waals surface area contributed by atoms with Crippen LogP contribution in [0, 0.1) is 5.41 Å². The molecule has 1 aromatic rings. The number of hydrogen-bond acceptors (Lipinski definition) is 4. The molecule has 0 spiro atoms. The van der Waals surface area contributed by atoms with Crippen LogP contribution in [0.4, 0.5) is 4.39 Å². The van der Waals surface area contributed by atoms with Gasteiger partial charge in [-0.15, -0.1) is 0 Å². The molecule has 0 saturated heterocycles. The number of aromatic nitrogens is 1. The Hall–Kier alpha value is -1.54. The first kappa shape index (κ1) is 14.9. The first-order chi connectivity index (χ1) is 9.42. The lowest BCUT2D eigenvalue weighted by atomic mass is 10.1. The molecule has 110 valence electrons. The summed E-state index contributed by atoms with van der Waals surface area (Å²) in [6, 6.07) is 2.63. The summed E-state index contributed by atoms with van der Waals surface area (Å²) in [6.45, 7) is -0.149. The zero-order chi connectivity index (χ0) is 14.8. The summed E-state index contributed by atoms with van der Waals surface area (Å²) < 4.78 is 37.7. The minimum Gasteiger partial charge on any atom is -0.351 e. The van der Waals surface area contributed by atoms with Crippen molar-refractivity contribution in [1.29, 1.82) is 0 Å². The molecule has 1 amide bonds. The van der Waals surface area contributed by atoms with Crippen molar-refractivity contribution >= 4 is 15.9 Å². The number of nitrogens with one attached hydrogen (secondary N) is 2. The third kappa shape index (κ3) is 3.13. The molecular weight excluding hydrogens is 285 g/mol. The minimum atomic E-state index is -3.61. The highest BCUT2D eigenvalue weighted by atomic mass is 32.2. The highest BCUT2D eigenvalue weighted by molar-refractivity contribution is 7.89. The van der Waals surface area contributed by atoms with Crippen LogP contribution in [0.25, 0.3) is 0 Å². The van der Waals surface area contributed by atoms with Crippen LogP contribution in [0.2, 0.25) is 0 Å². The van der Waals surface area contributed by atoms with Gasteiger partial charge in [-0.2, -0.15) is 0 Å². The molecule has 0 aromatic carbocycles. The Balaban J connectivity index is 2.01. The Morgan fingerprint density at radius 1 is 1.45 bits per heavy atom. The molecule has 0 radical (unpaired) electrons. The molecule has 0 bridgehead atoms. The van der Waals surface area contributed by atoms with Gasteiger partial charge in [-0.3, -0.25) is 9.18 Å². The zero-order valence-electron chi connectivity index (χ0n) is 11.0. The molecule has 8 heteroatoms. The molecule has 20 heavy (non-hydrogen) atoms. The second kappa shape index (κ2) is 5.45. The quantitative estimate of drug-likeness (QED) is 0.799. The fraction of sp³-hybridized carbons (Fsp3) is 0.500. The van der Waals surface area contributed by atoms with Crippen LogP contribution in [0.15, 0.2) is 23.4 Å². The maximum absolute atomic E-state index is 12.7. The van der Waals surface area contributed by atoms with Gasteiger partial charge in [0.15, 0.2) is 5.03 Å². The number of hydrogen-bond donors (Lipinski definition) is 2. The fourth-order valence-corrected chi connectivity index (χ4v) is 2.33.